The van der Waals surface area contributed by atoms with Gasteiger partial charge in [-0.3, -0.25) is 23.4 Å². The molecule has 0 amide bonds. The van der Waals surface area contributed by atoms with Crippen molar-refractivity contribution in [3.63, 3.8) is 0 Å². The van der Waals surface area contributed by atoms with E-state index in [1.165, 1.54) is 37.4 Å². The third kappa shape index (κ3) is 6.07. The summed E-state index contributed by atoms with van der Waals surface area (Å²) < 4.78 is 35.8. The third-order valence-electron chi connectivity index (χ3n) is 4.55. The number of nitriles is 1. The molecular formula is C19H21ClN3O8P. The second-order valence-electron chi connectivity index (χ2n) is 6.94. The van der Waals surface area contributed by atoms with Gasteiger partial charge in [0.15, 0.2) is 0 Å². The summed E-state index contributed by atoms with van der Waals surface area (Å²) in [6, 6.07) is 7.83. The van der Waals surface area contributed by atoms with Gasteiger partial charge in [0.05, 0.1) is 31.8 Å². The van der Waals surface area contributed by atoms with Gasteiger partial charge in [-0.15, -0.1) is 0 Å². The minimum Gasteiger partial charge on any atom is -0.404 e. The number of nitrogens with one attached hydrogen (secondary N) is 1. The van der Waals surface area contributed by atoms with Crippen molar-refractivity contribution in [2.45, 2.75) is 38.2 Å². The van der Waals surface area contributed by atoms with E-state index in [1.54, 1.807) is 0 Å². The molecule has 0 radical (unpaired) electrons. The molecule has 13 heteroatoms. The van der Waals surface area contributed by atoms with Gasteiger partial charge >= 0.3 is 13.5 Å². The molecule has 0 bridgehead atoms. The molecule has 32 heavy (non-hydrogen) atoms. The number of ether oxygens (including phenoxy) is 1. The molecule has 0 saturated carbocycles. The molecule has 2 aromatic rings. The van der Waals surface area contributed by atoms with Crippen LogP contribution in [0.2, 0.25) is 5.02 Å². The van der Waals surface area contributed by atoms with Crippen LogP contribution in [-0.2, 0) is 18.3 Å². The van der Waals surface area contributed by atoms with E-state index < -0.39 is 37.5 Å². The van der Waals surface area contributed by atoms with Crippen LogP contribution >= 0.6 is 19.4 Å². The van der Waals surface area contributed by atoms with Gasteiger partial charge in [-0.1, -0.05) is 11.6 Å². The highest BCUT2D eigenvalue weighted by Crippen LogP contribution is 2.50. The zero-order valence-electron chi connectivity index (χ0n) is 17.0. The first-order chi connectivity index (χ1) is 15.2. The third-order valence-corrected chi connectivity index (χ3v) is 6.20. The second kappa shape index (κ2) is 10.4. The smallest absolute Gasteiger partial charge is 0.404 e. The summed E-state index contributed by atoms with van der Waals surface area (Å²) in [6.07, 6.45) is -1.55. The van der Waals surface area contributed by atoms with Crippen LogP contribution in [0.3, 0.4) is 0 Å². The van der Waals surface area contributed by atoms with Gasteiger partial charge in [-0.05, 0) is 31.2 Å². The van der Waals surface area contributed by atoms with Gasteiger partial charge in [0, 0.05) is 23.2 Å². The average molecular weight is 486 g/mol. The number of phosphoric ester groups is 1. The summed E-state index contributed by atoms with van der Waals surface area (Å²) in [5, 5.41) is 19.5. The first-order valence-corrected chi connectivity index (χ1v) is 11.4. The Morgan fingerprint density at radius 2 is 2.06 bits per heavy atom. The van der Waals surface area contributed by atoms with Crippen LogP contribution in [-0.4, -0.2) is 40.1 Å². The number of phosphoric acid groups is 1. The summed E-state index contributed by atoms with van der Waals surface area (Å²) in [6.45, 7) is 0.944. The van der Waals surface area contributed by atoms with Gasteiger partial charge in [-0.25, -0.2) is 9.36 Å². The molecule has 3 rings (SSSR count). The Balaban J connectivity index is 1.69. The van der Waals surface area contributed by atoms with Gasteiger partial charge in [0.25, 0.3) is 5.56 Å². The molecule has 1 saturated heterocycles. The number of halogens is 1. The number of H-pyrrole nitrogens is 1. The second-order valence-corrected chi connectivity index (χ2v) is 8.97. The molecule has 1 aliphatic heterocycles. The lowest BCUT2D eigenvalue weighted by Crippen LogP contribution is -2.33. The fourth-order valence-electron chi connectivity index (χ4n) is 2.92. The minimum absolute atomic E-state index is 0.0387. The number of aromatic amines is 1. The Hall–Kier alpha value is -2.45. The number of nitrogens with zero attached hydrogens (tertiary/aromatic N) is 2. The normalized spacial score (nSPS) is 22.2. The number of aromatic nitrogens is 2. The van der Waals surface area contributed by atoms with Crippen molar-refractivity contribution in [3.8, 4) is 11.8 Å². The van der Waals surface area contributed by atoms with E-state index in [-0.39, 0.29) is 31.8 Å². The van der Waals surface area contributed by atoms with Crippen molar-refractivity contribution < 1.29 is 28.0 Å². The predicted molar refractivity (Wildman–Crippen MR) is 112 cm³/mol. The van der Waals surface area contributed by atoms with Gasteiger partial charge in [0.1, 0.15) is 18.1 Å². The number of aliphatic hydroxyl groups is 1. The van der Waals surface area contributed by atoms with Crippen LogP contribution in [0.1, 0.15) is 24.6 Å². The number of hydrogen-bond acceptors (Lipinski definition) is 9. The van der Waals surface area contributed by atoms with E-state index in [0.29, 0.717) is 10.6 Å². The molecule has 2 heterocycles. The quantitative estimate of drug-likeness (QED) is 0.402. The molecule has 0 aliphatic carbocycles. The van der Waals surface area contributed by atoms with E-state index in [4.69, 9.17) is 35.2 Å². The van der Waals surface area contributed by atoms with Crippen LogP contribution in [0.5, 0.6) is 5.75 Å². The fraction of sp³-hybridized carbons (Fsp3) is 0.421. The molecule has 4 atom stereocenters. The average Bonchev–Trinajstić information content (AvgIpc) is 3.11. The zero-order valence-corrected chi connectivity index (χ0v) is 18.6. The maximum atomic E-state index is 13.1. The SMILES string of the molecule is Cc1cn([C@H]2C[C@H](O)[C@H](CO[P@@](=O)(OCCC#N)Oc3ccc(Cl)cc3)O2)c(=O)[nH]c1=O. The maximum absolute atomic E-state index is 13.1. The van der Waals surface area contributed by atoms with Crippen molar-refractivity contribution in [2.75, 3.05) is 13.2 Å². The van der Waals surface area contributed by atoms with Gasteiger partial charge in [0.2, 0.25) is 0 Å². The molecule has 0 unspecified atom stereocenters. The largest absolute Gasteiger partial charge is 0.530 e. The first kappa shape index (κ1) is 24.2. The number of rotatable bonds is 9. The fourth-order valence-corrected chi connectivity index (χ4v) is 4.25. The molecule has 1 aromatic carbocycles. The Morgan fingerprint density at radius 3 is 2.75 bits per heavy atom. The van der Waals surface area contributed by atoms with Crippen molar-refractivity contribution in [3.05, 3.63) is 61.9 Å². The Labute approximate surface area is 187 Å². The van der Waals surface area contributed by atoms with E-state index in [0.717, 1.165) is 4.57 Å². The highest BCUT2D eigenvalue weighted by molar-refractivity contribution is 7.48. The molecule has 1 fully saturated rings. The van der Waals surface area contributed by atoms with Crippen LogP contribution < -0.4 is 15.8 Å². The summed E-state index contributed by atoms with van der Waals surface area (Å²) in [5.74, 6) is 0.163. The van der Waals surface area contributed by atoms with Crippen LogP contribution in [0.4, 0.5) is 0 Å². The summed E-state index contributed by atoms with van der Waals surface area (Å²) in [4.78, 5) is 25.8. The molecule has 172 valence electrons. The molecule has 11 nitrogen and oxygen atoms in total. The molecule has 2 N–H and O–H groups in total. The molecule has 1 aliphatic rings. The number of benzene rings is 1. The summed E-state index contributed by atoms with van der Waals surface area (Å²) in [5.41, 5.74) is -0.899. The number of hydrogen-bond donors (Lipinski definition) is 2. The lowest BCUT2D eigenvalue weighted by Gasteiger charge is -2.21. The van der Waals surface area contributed by atoms with Crippen LogP contribution in [0.25, 0.3) is 0 Å². The topological polar surface area (TPSA) is 153 Å². The molecule has 1 aromatic heterocycles. The van der Waals surface area contributed by atoms with E-state index in [9.17, 15) is 19.3 Å². The van der Waals surface area contributed by atoms with Crippen molar-refractivity contribution >= 4 is 19.4 Å². The Kier molecular flexibility index (Phi) is 7.90. The van der Waals surface area contributed by atoms with E-state index >= 15 is 0 Å². The zero-order chi connectivity index (χ0) is 23.3. The summed E-state index contributed by atoms with van der Waals surface area (Å²) >= 11 is 5.83. The predicted octanol–water partition coefficient (Wildman–Crippen LogP) is 2.28. The maximum Gasteiger partial charge on any atom is 0.530 e. The number of aryl methyl sites for hydroxylation is 1. The Bertz CT molecular complexity index is 1140. The highest BCUT2D eigenvalue weighted by atomic mass is 35.5. The highest BCUT2D eigenvalue weighted by Gasteiger charge is 2.39. The van der Waals surface area contributed by atoms with E-state index in [2.05, 4.69) is 4.98 Å². The Morgan fingerprint density at radius 1 is 1.34 bits per heavy atom. The minimum atomic E-state index is -4.18. The number of aliphatic hydroxyl groups excluding tert-OH is 1. The lowest BCUT2D eigenvalue weighted by atomic mass is 10.2. The van der Waals surface area contributed by atoms with Crippen molar-refractivity contribution in [1.29, 1.82) is 5.26 Å². The standard InChI is InChI=1S/C19H21ClN3O8P/c1-12-10-23(19(26)22-18(12)25)17-9-15(24)16(30-17)11-29-32(27,28-8-2-7-21)31-14-5-3-13(20)4-6-14/h3-6,10,15-17,24H,2,8-9,11H2,1H3,(H,22,25,26)/t15-,16-,17+,32+/m0/s1. The van der Waals surface area contributed by atoms with Crippen LogP contribution in [0.15, 0.2) is 40.1 Å². The van der Waals surface area contributed by atoms with E-state index in [1.807, 2.05) is 6.07 Å². The van der Waals surface area contributed by atoms with Crippen LogP contribution in [0, 0.1) is 18.3 Å². The monoisotopic (exact) mass is 485 g/mol. The first-order valence-electron chi connectivity index (χ1n) is 9.57. The lowest BCUT2D eigenvalue weighted by molar-refractivity contribution is -0.0460. The van der Waals surface area contributed by atoms with Gasteiger partial charge < -0.3 is 14.4 Å². The van der Waals surface area contributed by atoms with Gasteiger partial charge in [-0.2, -0.15) is 5.26 Å². The summed E-state index contributed by atoms with van der Waals surface area (Å²) in [7, 11) is -4.18. The molecule has 0 spiro atoms. The van der Waals surface area contributed by atoms with Crippen molar-refractivity contribution in [1.82, 2.24) is 9.55 Å². The molecular weight excluding hydrogens is 465 g/mol. The van der Waals surface area contributed by atoms with Crippen molar-refractivity contribution in [2.24, 2.45) is 0 Å².